The van der Waals surface area contributed by atoms with Gasteiger partial charge in [-0.05, 0) is 48.4 Å². The predicted molar refractivity (Wildman–Crippen MR) is 210 cm³/mol. The van der Waals surface area contributed by atoms with E-state index in [2.05, 4.69) is 41.0 Å². The fraction of sp³-hybridized carbons (Fsp3) is 0.256. The third-order valence-electron chi connectivity index (χ3n) is 10.5. The van der Waals surface area contributed by atoms with Crippen LogP contribution < -0.4 is 10.0 Å². The summed E-state index contributed by atoms with van der Waals surface area (Å²) in [6.07, 6.45) is 2.99. The zero-order chi connectivity index (χ0) is 43.3. The number of hydrogen-bond donors (Lipinski definition) is 3. The standard InChI is InChI=1S/C39H30ClF6N11O3S/c1-55-15-18(14-47-55)36-49-27-13-23(21-7-8-25(40)30-33(21)56(2)53-38(30)54-61(3,59)60)31(50-37(27)51-36)26(11-17-9-19(41)12-20(42)10-17)48-28(58)16-57-34-29(32(52-57)35(43)44)22-5-4-6-24(22)39(34,45)46/h5-10,12-15,22,24,26,35H,11,16H2,1-3H3,(H,48,58)(H,53,54)(H,49,50,51)/t22-,24+,26-/m0/s1. The quantitative estimate of drug-likeness (QED) is 0.0924. The second kappa shape index (κ2) is 14.3. The highest BCUT2D eigenvalue weighted by atomic mass is 35.5. The molecular formula is C39H30ClF6N11O3S. The largest absolute Gasteiger partial charge is 0.346 e. The third-order valence-corrected chi connectivity index (χ3v) is 11.4. The Balaban J connectivity index is 1.22. The fourth-order valence-electron chi connectivity index (χ4n) is 8.19. The number of rotatable bonds is 11. The normalized spacial score (nSPS) is 17.2. The van der Waals surface area contributed by atoms with E-state index in [0.29, 0.717) is 38.7 Å². The summed E-state index contributed by atoms with van der Waals surface area (Å²) in [5.41, 5.74) is 2.58. The van der Waals surface area contributed by atoms with Gasteiger partial charge in [-0.2, -0.15) is 24.1 Å². The van der Waals surface area contributed by atoms with Crippen LogP contribution in [0.25, 0.3) is 44.6 Å². The van der Waals surface area contributed by atoms with Crippen molar-refractivity contribution in [1.82, 2.24) is 49.6 Å². The summed E-state index contributed by atoms with van der Waals surface area (Å²) in [6.45, 7) is -0.954. The number of sulfonamides is 1. The van der Waals surface area contributed by atoms with E-state index < -0.39 is 75.7 Å². The number of aromatic nitrogens is 9. The Labute approximate surface area is 346 Å². The van der Waals surface area contributed by atoms with Crippen molar-refractivity contribution >= 4 is 55.4 Å². The molecule has 5 heterocycles. The molecule has 1 amide bonds. The molecule has 14 nitrogen and oxygen atoms in total. The maximum Gasteiger partial charge on any atom is 0.297 e. The molecule has 61 heavy (non-hydrogen) atoms. The molecule has 0 radical (unpaired) electrons. The number of H-pyrrole nitrogens is 1. The molecule has 0 bridgehead atoms. The number of benzene rings is 2. The summed E-state index contributed by atoms with van der Waals surface area (Å²) in [6, 6.07) is 6.14. The number of pyridine rings is 1. The summed E-state index contributed by atoms with van der Waals surface area (Å²) in [4.78, 5) is 26.9. The summed E-state index contributed by atoms with van der Waals surface area (Å²) < 4.78 is 120. The van der Waals surface area contributed by atoms with Gasteiger partial charge < -0.3 is 10.3 Å². The number of allylic oxidation sites excluding steroid dienone is 1. The number of aryl methyl sites for hydroxylation is 2. The van der Waals surface area contributed by atoms with Gasteiger partial charge in [0.25, 0.3) is 12.3 Å². The minimum absolute atomic E-state index is 0.0475. The third kappa shape index (κ3) is 7.01. The van der Waals surface area contributed by atoms with Gasteiger partial charge in [-0.25, -0.2) is 35.9 Å². The van der Waals surface area contributed by atoms with Gasteiger partial charge in [-0.3, -0.25) is 23.6 Å². The van der Waals surface area contributed by atoms with Crippen LogP contribution in [-0.4, -0.2) is 64.9 Å². The number of carbonyl (C=O) groups excluding carboxylic acids is 1. The van der Waals surface area contributed by atoms with E-state index in [4.69, 9.17) is 16.6 Å². The van der Waals surface area contributed by atoms with Crippen molar-refractivity contribution in [2.24, 2.45) is 20.0 Å². The van der Waals surface area contributed by atoms with Gasteiger partial charge in [-0.15, -0.1) is 5.73 Å². The number of anilines is 1. The smallest absolute Gasteiger partial charge is 0.297 e. The molecule has 9 rings (SSSR count). The van der Waals surface area contributed by atoms with Crippen molar-refractivity contribution in [3.63, 3.8) is 0 Å². The lowest BCUT2D eigenvalue weighted by molar-refractivity contribution is -0.123. The second-order valence-corrected chi connectivity index (χ2v) is 17.0. The Bertz CT molecular complexity index is 3130. The van der Waals surface area contributed by atoms with E-state index in [1.165, 1.54) is 16.8 Å². The minimum atomic E-state index is -3.85. The van der Waals surface area contributed by atoms with Crippen LogP contribution in [0, 0.1) is 17.6 Å². The molecule has 0 saturated carbocycles. The molecule has 0 aliphatic heterocycles. The lowest BCUT2D eigenvalue weighted by Gasteiger charge is -2.23. The number of aromatic amines is 1. The molecular weight excluding hydrogens is 852 g/mol. The lowest BCUT2D eigenvalue weighted by atomic mass is 9.94. The van der Waals surface area contributed by atoms with E-state index in [1.807, 2.05) is 0 Å². The number of halogens is 7. The van der Waals surface area contributed by atoms with Crippen LogP contribution in [0.3, 0.4) is 0 Å². The van der Waals surface area contributed by atoms with E-state index in [1.54, 1.807) is 43.3 Å². The molecule has 0 saturated heterocycles. The molecule has 3 atom stereocenters. The van der Waals surface area contributed by atoms with Crippen LogP contribution in [0.15, 0.2) is 66.7 Å². The van der Waals surface area contributed by atoms with E-state index in [-0.39, 0.29) is 50.7 Å². The summed E-state index contributed by atoms with van der Waals surface area (Å²) in [5, 5.41) is 15.4. The number of fused-ring (bicyclic) bond motifs is 5. The highest BCUT2D eigenvalue weighted by Crippen LogP contribution is 2.57. The Morgan fingerprint density at radius 3 is 2.48 bits per heavy atom. The molecule has 3 N–H and O–H groups in total. The zero-order valence-electron chi connectivity index (χ0n) is 31.9. The number of nitrogens with zero attached hydrogens (tertiary/aromatic N) is 8. The summed E-state index contributed by atoms with van der Waals surface area (Å²) in [7, 11) is -0.599. The van der Waals surface area contributed by atoms with E-state index in [0.717, 1.165) is 24.5 Å². The maximum absolute atomic E-state index is 15.9. The average Bonchev–Trinajstić information content (AvgIpc) is 4.01. The van der Waals surface area contributed by atoms with Crippen molar-refractivity contribution in [1.29, 1.82) is 0 Å². The van der Waals surface area contributed by atoms with Gasteiger partial charge >= 0.3 is 0 Å². The first-order valence-corrected chi connectivity index (χ1v) is 20.6. The Kier molecular flexibility index (Phi) is 9.40. The Morgan fingerprint density at radius 1 is 1.03 bits per heavy atom. The van der Waals surface area contributed by atoms with Crippen LogP contribution in [0.2, 0.25) is 5.02 Å². The molecule has 0 fully saturated rings. The zero-order valence-corrected chi connectivity index (χ0v) is 33.4. The first-order valence-electron chi connectivity index (χ1n) is 18.3. The SMILES string of the molecule is Cn1cc(-c2nc3nc([C@H](Cc4cc(F)cc(F)c4)NC(=O)Cn4nc(C(F)F)c5c4C(F)(F)[C@@H]4C=C=C[C@H]54)c(-c4ccc(Cl)c5c(NS(C)(=O)=O)nn(C)c45)cc3[nH]2)cn1. The van der Waals surface area contributed by atoms with Crippen molar-refractivity contribution < 1.29 is 39.6 Å². The van der Waals surface area contributed by atoms with Crippen molar-refractivity contribution in [2.75, 3.05) is 11.0 Å². The number of alkyl halides is 4. The maximum atomic E-state index is 15.9. The van der Waals surface area contributed by atoms with Crippen molar-refractivity contribution in [2.45, 2.75) is 37.3 Å². The summed E-state index contributed by atoms with van der Waals surface area (Å²) >= 11 is 6.66. The summed E-state index contributed by atoms with van der Waals surface area (Å²) in [5.74, 6) is -8.89. The number of nitrogens with one attached hydrogen (secondary N) is 3. The molecule has 2 aliphatic rings. The van der Waals surface area contributed by atoms with Crippen molar-refractivity contribution in [3.8, 4) is 22.5 Å². The molecule has 7 aromatic rings. The Hall–Kier alpha value is -6.44. The molecule has 0 unspecified atom stereocenters. The van der Waals surface area contributed by atoms with Crippen LogP contribution in [0.4, 0.5) is 32.2 Å². The van der Waals surface area contributed by atoms with Crippen LogP contribution >= 0.6 is 11.6 Å². The Morgan fingerprint density at radius 2 is 1.79 bits per heavy atom. The van der Waals surface area contributed by atoms with E-state index >= 15 is 8.78 Å². The molecule has 2 aromatic carbocycles. The lowest BCUT2D eigenvalue weighted by Crippen LogP contribution is -2.35. The van der Waals surface area contributed by atoms with E-state index in [9.17, 15) is 30.8 Å². The number of imidazole rings is 1. The second-order valence-electron chi connectivity index (χ2n) is 14.8. The highest BCUT2D eigenvalue weighted by Gasteiger charge is 2.58. The predicted octanol–water partition coefficient (Wildman–Crippen LogP) is 6.98. The van der Waals surface area contributed by atoms with Gasteiger partial charge in [-0.1, -0.05) is 17.7 Å². The molecule has 5 aromatic heterocycles. The van der Waals surface area contributed by atoms with Gasteiger partial charge in [0, 0.05) is 49.0 Å². The number of hydrogen-bond acceptors (Lipinski definition) is 8. The number of amides is 1. The monoisotopic (exact) mass is 881 g/mol. The molecule has 0 spiro atoms. The highest BCUT2D eigenvalue weighted by molar-refractivity contribution is 7.92. The topological polar surface area (TPSA) is 170 Å². The minimum Gasteiger partial charge on any atom is -0.346 e. The molecule has 314 valence electrons. The van der Waals surface area contributed by atoms with Gasteiger partial charge in [0.1, 0.15) is 35.4 Å². The first-order chi connectivity index (χ1) is 28.9. The molecule has 22 heteroatoms. The van der Waals surface area contributed by atoms with Gasteiger partial charge in [0.05, 0.1) is 57.1 Å². The van der Waals surface area contributed by atoms with Crippen LogP contribution in [-0.2, 0) is 47.8 Å². The fourth-order valence-corrected chi connectivity index (χ4v) is 8.92. The van der Waals surface area contributed by atoms with Crippen LogP contribution in [0.5, 0.6) is 0 Å². The molecule has 2 aliphatic carbocycles. The number of carbonyl (C=O) groups is 1. The average molecular weight is 882 g/mol. The van der Waals surface area contributed by atoms with Gasteiger partial charge in [0.2, 0.25) is 15.9 Å². The van der Waals surface area contributed by atoms with Crippen LogP contribution in [0.1, 0.15) is 46.6 Å². The first kappa shape index (κ1) is 40.0. The van der Waals surface area contributed by atoms with Gasteiger partial charge in [0.15, 0.2) is 11.5 Å². The van der Waals surface area contributed by atoms with Crippen molar-refractivity contribution in [3.05, 3.63) is 112 Å².